The minimum Gasteiger partial charge on any atom is -0.342 e. The fraction of sp³-hybridized carbons (Fsp3) is 0.348. The maximum absolute atomic E-state index is 4.85. The first-order chi connectivity index (χ1) is 12.1. The molecule has 0 aliphatic rings. The second-order valence-electron chi connectivity index (χ2n) is 9.26. The number of aromatic nitrogens is 3. The van der Waals surface area contributed by atoms with Crippen LogP contribution in [-0.4, -0.2) is 14.4 Å². The molecule has 1 N–H and O–H groups in total. The first kappa shape index (κ1) is 16.9. The minimum absolute atomic E-state index is 0.0140. The van der Waals surface area contributed by atoms with Crippen LogP contribution in [0.15, 0.2) is 48.8 Å². The molecular formula is C23H27N3. The van der Waals surface area contributed by atoms with E-state index >= 15 is 0 Å². The summed E-state index contributed by atoms with van der Waals surface area (Å²) in [7, 11) is 0. The summed E-state index contributed by atoms with van der Waals surface area (Å²) in [6.45, 7) is 13.3. The molecule has 3 nitrogen and oxygen atoms in total. The number of aromatic amines is 1. The second-order valence-corrected chi connectivity index (χ2v) is 9.26. The van der Waals surface area contributed by atoms with E-state index in [0.717, 1.165) is 16.9 Å². The zero-order chi connectivity index (χ0) is 18.7. The van der Waals surface area contributed by atoms with E-state index in [9.17, 15) is 0 Å². The molecule has 1 aromatic carbocycles. The van der Waals surface area contributed by atoms with Gasteiger partial charge in [-0.1, -0.05) is 47.6 Å². The molecule has 0 atom stereocenters. The predicted molar refractivity (Wildman–Crippen MR) is 110 cm³/mol. The summed E-state index contributed by atoms with van der Waals surface area (Å²) in [4.78, 5) is 8.31. The number of hydrogen-bond acceptors (Lipinski definition) is 1. The lowest BCUT2D eigenvalue weighted by molar-refractivity contribution is 0.554. The molecule has 0 spiro atoms. The molecule has 0 radical (unpaired) electrons. The number of fused-ring (bicyclic) bond motifs is 2. The zero-order valence-electron chi connectivity index (χ0n) is 16.5. The number of H-pyrrole nitrogens is 1. The van der Waals surface area contributed by atoms with Gasteiger partial charge in [0.15, 0.2) is 0 Å². The highest BCUT2D eigenvalue weighted by molar-refractivity contribution is 5.88. The van der Waals surface area contributed by atoms with Crippen LogP contribution < -0.4 is 0 Å². The SMILES string of the molecule is CC(C)(C)c1cc(-c2ccc3[nH]c(C(C)(C)C)nc3c2)c2cccn2c1. The Labute approximate surface area is 155 Å². The Kier molecular flexibility index (Phi) is 3.56. The smallest absolute Gasteiger partial charge is 0.112 e. The maximum atomic E-state index is 4.85. The van der Waals surface area contributed by atoms with E-state index in [-0.39, 0.29) is 10.8 Å². The van der Waals surface area contributed by atoms with Gasteiger partial charge in [0.1, 0.15) is 5.82 Å². The standard InChI is InChI=1S/C23H27N3/c1-22(2,3)16-13-17(20-8-7-11-26(20)14-16)15-9-10-18-19(12-15)25-21(24-18)23(4,5)6/h7-14H,1-6H3,(H,24,25). The van der Waals surface area contributed by atoms with Crippen LogP contribution in [0.5, 0.6) is 0 Å². The molecule has 4 rings (SSSR count). The van der Waals surface area contributed by atoms with Crippen LogP contribution in [-0.2, 0) is 10.8 Å². The van der Waals surface area contributed by atoms with Crippen molar-refractivity contribution >= 4 is 16.6 Å². The summed E-state index contributed by atoms with van der Waals surface area (Å²) in [6, 6.07) is 13.2. The van der Waals surface area contributed by atoms with Crippen molar-refractivity contribution in [3.8, 4) is 11.1 Å². The third-order valence-electron chi connectivity index (χ3n) is 5.00. The van der Waals surface area contributed by atoms with Crippen molar-refractivity contribution in [3.05, 3.63) is 60.2 Å². The van der Waals surface area contributed by atoms with Gasteiger partial charge in [-0.25, -0.2) is 4.98 Å². The van der Waals surface area contributed by atoms with Crippen LogP contribution in [0.3, 0.4) is 0 Å². The highest BCUT2D eigenvalue weighted by Gasteiger charge is 2.20. The van der Waals surface area contributed by atoms with Crippen LogP contribution in [0, 0.1) is 0 Å². The zero-order valence-corrected chi connectivity index (χ0v) is 16.5. The van der Waals surface area contributed by atoms with Gasteiger partial charge in [-0.3, -0.25) is 0 Å². The molecule has 3 aromatic heterocycles. The normalized spacial score (nSPS) is 13.0. The molecule has 4 aromatic rings. The predicted octanol–water partition coefficient (Wildman–Crippen LogP) is 6.08. The van der Waals surface area contributed by atoms with E-state index in [4.69, 9.17) is 4.98 Å². The highest BCUT2D eigenvalue weighted by Crippen LogP contribution is 2.33. The Morgan fingerprint density at radius 3 is 2.38 bits per heavy atom. The number of hydrogen-bond donors (Lipinski definition) is 1. The average Bonchev–Trinajstić information content (AvgIpc) is 3.18. The Hall–Kier alpha value is -2.55. The van der Waals surface area contributed by atoms with Gasteiger partial charge in [0.2, 0.25) is 0 Å². The molecule has 134 valence electrons. The topological polar surface area (TPSA) is 33.1 Å². The van der Waals surface area contributed by atoms with Gasteiger partial charge < -0.3 is 9.38 Å². The quantitative estimate of drug-likeness (QED) is 0.446. The number of benzene rings is 1. The van der Waals surface area contributed by atoms with Crippen molar-refractivity contribution in [2.75, 3.05) is 0 Å². The molecule has 3 heteroatoms. The van der Waals surface area contributed by atoms with Crippen molar-refractivity contribution in [1.82, 2.24) is 14.4 Å². The van der Waals surface area contributed by atoms with Gasteiger partial charge >= 0.3 is 0 Å². The molecule has 0 bridgehead atoms. The van der Waals surface area contributed by atoms with E-state index in [0.29, 0.717) is 0 Å². The lowest BCUT2D eigenvalue weighted by Gasteiger charge is -2.21. The third-order valence-corrected chi connectivity index (χ3v) is 5.00. The van der Waals surface area contributed by atoms with Crippen LogP contribution in [0.2, 0.25) is 0 Å². The largest absolute Gasteiger partial charge is 0.342 e. The molecule has 0 saturated carbocycles. The molecule has 0 unspecified atom stereocenters. The number of nitrogens with one attached hydrogen (secondary N) is 1. The second kappa shape index (κ2) is 5.47. The van der Waals surface area contributed by atoms with E-state index < -0.39 is 0 Å². The Balaban J connectivity index is 1.93. The first-order valence-corrected chi connectivity index (χ1v) is 9.25. The molecule has 0 aliphatic heterocycles. The monoisotopic (exact) mass is 345 g/mol. The molecule has 26 heavy (non-hydrogen) atoms. The molecule has 0 fully saturated rings. The van der Waals surface area contributed by atoms with Gasteiger partial charge in [0.25, 0.3) is 0 Å². The number of rotatable bonds is 1. The Morgan fingerprint density at radius 1 is 0.923 bits per heavy atom. The molecular weight excluding hydrogens is 318 g/mol. The van der Waals surface area contributed by atoms with Crippen LogP contribution in [0.25, 0.3) is 27.7 Å². The molecule has 3 heterocycles. The Bertz CT molecular complexity index is 1100. The molecule has 0 aliphatic carbocycles. The molecule has 0 amide bonds. The summed E-state index contributed by atoms with van der Waals surface area (Å²) in [6.07, 6.45) is 4.36. The highest BCUT2D eigenvalue weighted by atomic mass is 14.9. The van der Waals surface area contributed by atoms with Crippen LogP contribution in [0.4, 0.5) is 0 Å². The summed E-state index contributed by atoms with van der Waals surface area (Å²) >= 11 is 0. The van der Waals surface area contributed by atoms with Crippen molar-refractivity contribution in [1.29, 1.82) is 0 Å². The van der Waals surface area contributed by atoms with Gasteiger partial charge in [-0.2, -0.15) is 0 Å². The van der Waals surface area contributed by atoms with Crippen molar-refractivity contribution in [3.63, 3.8) is 0 Å². The summed E-state index contributed by atoms with van der Waals surface area (Å²) in [5.74, 6) is 1.03. The van der Waals surface area contributed by atoms with Gasteiger partial charge in [0.05, 0.1) is 16.6 Å². The van der Waals surface area contributed by atoms with Crippen molar-refractivity contribution in [2.24, 2.45) is 0 Å². The van der Waals surface area contributed by atoms with Crippen LogP contribution in [0.1, 0.15) is 52.9 Å². The average molecular weight is 345 g/mol. The Morgan fingerprint density at radius 2 is 1.69 bits per heavy atom. The number of pyridine rings is 1. The maximum Gasteiger partial charge on any atom is 0.112 e. The van der Waals surface area contributed by atoms with E-state index in [1.54, 1.807) is 0 Å². The third kappa shape index (κ3) is 2.82. The first-order valence-electron chi connectivity index (χ1n) is 9.25. The fourth-order valence-electron chi connectivity index (χ4n) is 3.32. The summed E-state index contributed by atoms with van der Waals surface area (Å²) in [5.41, 5.74) is 7.25. The fourth-order valence-corrected chi connectivity index (χ4v) is 3.32. The number of imidazole rings is 1. The van der Waals surface area contributed by atoms with Crippen molar-refractivity contribution < 1.29 is 0 Å². The van der Waals surface area contributed by atoms with Gasteiger partial charge in [-0.05, 0) is 46.9 Å². The lowest BCUT2D eigenvalue weighted by Crippen LogP contribution is -2.12. The van der Waals surface area contributed by atoms with E-state index in [1.807, 2.05) is 0 Å². The summed E-state index contributed by atoms with van der Waals surface area (Å²) < 4.78 is 2.23. The van der Waals surface area contributed by atoms with E-state index in [1.165, 1.54) is 22.2 Å². The lowest BCUT2D eigenvalue weighted by atomic mass is 9.86. The summed E-state index contributed by atoms with van der Waals surface area (Å²) in [5, 5.41) is 0. The van der Waals surface area contributed by atoms with E-state index in [2.05, 4.69) is 99.7 Å². The minimum atomic E-state index is 0.0140. The van der Waals surface area contributed by atoms with Gasteiger partial charge in [0, 0.05) is 23.4 Å². The molecule has 0 saturated heterocycles. The van der Waals surface area contributed by atoms with Crippen LogP contribution >= 0.6 is 0 Å². The number of nitrogens with zero attached hydrogens (tertiary/aromatic N) is 2. The van der Waals surface area contributed by atoms with Gasteiger partial charge in [-0.15, -0.1) is 0 Å². The van der Waals surface area contributed by atoms with Crippen molar-refractivity contribution in [2.45, 2.75) is 52.4 Å².